The first-order chi connectivity index (χ1) is 16.1. The van der Waals surface area contributed by atoms with E-state index in [0.29, 0.717) is 17.8 Å². The van der Waals surface area contributed by atoms with Crippen LogP contribution in [0.15, 0.2) is 12.2 Å². The predicted octanol–water partition coefficient (Wildman–Crippen LogP) is 6.40. The van der Waals surface area contributed by atoms with Crippen LogP contribution in [0.4, 0.5) is 0 Å². The molecule has 0 amide bonds. The van der Waals surface area contributed by atoms with E-state index in [9.17, 15) is 24.9 Å². The number of hydrogen-bond acceptors (Lipinski definition) is 3. The molecule has 4 saturated carbocycles. The Kier molecular flexibility index (Phi) is 6.35. The Hall–Kier alpha value is -1.36. The van der Waals surface area contributed by atoms with Crippen molar-refractivity contribution >= 4 is 11.9 Å². The van der Waals surface area contributed by atoms with E-state index in [2.05, 4.69) is 34.3 Å². The van der Waals surface area contributed by atoms with Gasteiger partial charge in [0.05, 0.1) is 18.4 Å². The summed E-state index contributed by atoms with van der Waals surface area (Å²) in [6.45, 7) is 17.4. The minimum absolute atomic E-state index is 0.0282. The van der Waals surface area contributed by atoms with Gasteiger partial charge in [0, 0.05) is 0 Å². The Bertz CT molecular complexity index is 908. The van der Waals surface area contributed by atoms with Gasteiger partial charge < -0.3 is 15.3 Å². The zero-order valence-electron chi connectivity index (χ0n) is 22.8. The largest absolute Gasteiger partial charge is 0.481 e. The molecule has 0 saturated heterocycles. The van der Waals surface area contributed by atoms with E-state index < -0.39 is 22.8 Å². The minimum Gasteiger partial charge on any atom is -0.481 e. The van der Waals surface area contributed by atoms with Crippen LogP contribution >= 0.6 is 0 Å². The van der Waals surface area contributed by atoms with Gasteiger partial charge in [-0.25, -0.2) is 0 Å². The van der Waals surface area contributed by atoms with Crippen molar-refractivity contribution in [3.63, 3.8) is 0 Å². The lowest BCUT2D eigenvalue weighted by Gasteiger charge is -2.71. The van der Waals surface area contributed by atoms with Crippen LogP contribution in [0, 0.1) is 56.7 Å². The highest BCUT2D eigenvalue weighted by Gasteiger charge is 2.70. The van der Waals surface area contributed by atoms with E-state index in [1.807, 2.05) is 0 Å². The second-order valence-electron chi connectivity index (χ2n) is 14.4. The van der Waals surface area contributed by atoms with E-state index in [-0.39, 0.29) is 41.1 Å². The second-order valence-corrected chi connectivity index (χ2v) is 14.4. The molecular formula is C30H48O5. The molecule has 5 nitrogen and oxygen atoms in total. The molecule has 3 N–H and O–H groups in total. The minimum atomic E-state index is -0.968. The molecular weight excluding hydrogens is 440 g/mol. The summed E-state index contributed by atoms with van der Waals surface area (Å²) < 4.78 is 0. The molecule has 198 valence electrons. The van der Waals surface area contributed by atoms with Gasteiger partial charge in [-0.1, -0.05) is 34.3 Å². The molecule has 4 aliphatic rings. The molecule has 0 aromatic heterocycles. The van der Waals surface area contributed by atoms with Gasteiger partial charge in [0.25, 0.3) is 0 Å². The van der Waals surface area contributed by atoms with E-state index in [1.165, 1.54) is 12.8 Å². The fraction of sp³-hybridized carbons (Fsp3) is 0.867. The van der Waals surface area contributed by atoms with Gasteiger partial charge in [-0.3, -0.25) is 9.59 Å². The normalized spacial score (nSPS) is 47.3. The van der Waals surface area contributed by atoms with Crippen LogP contribution in [0.5, 0.6) is 0 Å². The van der Waals surface area contributed by atoms with Crippen LogP contribution < -0.4 is 0 Å². The maximum atomic E-state index is 12.3. The Labute approximate surface area is 211 Å². The number of aliphatic carboxylic acids is 2. The van der Waals surface area contributed by atoms with Gasteiger partial charge >= 0.3 is 11.9 Å². The maximum absolute atomic E-state index is 12.3. The number of aliphatic hydroxyl groups is 1. The van der Waals surface area contributed by atoms with E-state index >= 15 is 0 Å². The van der Waals surface area contributed by atoms with Crippen LogP contribution in [0.1, 0.15) is 99.3 Å². The van der Waals surface area contributed by atoms with Crippen molar-refractivity contribution in [1.82, 2.24) is 0 Å². The van der Waals surface area contributed by atoms with Crippen molar-refractivity contribution < 1.29 is 24.9 Å². The third-order valence-corrected chi connectivity index (χ3v) is 12.8. The third-order valence-electron chi connectivity index (χ3n) is 12.8. The molecule has 5 heteroatoms. The Balaban J connectivity index is 1.78. The monoisotopic (exact) mass is 488 g/mol. The predicted molar refractivity (Wildman–Crippen MR) is 137 cm³/mol. The first kappa shape index (κ1) is 26.7. The van der Waals surface area contributed by atoms with Crippen LogP contribution in [0.3, 0.4) is 0 Å². The summed E-state index contributed by atoms with van der Waals surface area (Å²) in [7, 11) is 0. The SMILES string of the molecule is C=C(CO)C1CCC2(C)CCC3(C)C(CCC4C(C)(CC(=O)O)C(C(C)(C)C(=O)O)CCC43C)C12. The summed E-state index contributed by atoms with van der Waals surface area (Å²) in [6.07, 6.45) is 8.37. The molecule has 4 aliphatic carbocycles. The fourth-order valence-electron chi connectivity index (χ4n) is 10.8. The molecule has 35 heavy (non-hydrogen) atoms. The molecule has 4 fully saturated rings. The zero-order valence-corrected chi connectivity index (χ0v) is 22.8. The molecule has 9 unspecified atom stereocenters. The van der Waals surface area contributed by atoms with Crippen molar-refractivity contribution in [2.45, 2.75) is 99.3 Å². The molecule has 0 heterocycles. The highest BCUT2D eigenvalue weighted by molar-refractivity contribution is 5.75. The molecule has 0 aliphatic heterocycles. The summed E-state index contributed by atoms with van der Waals surface area (Å²) >= 11 is 0. The second kappa shape index (κ2) is 8.33. The number of aliphatic hydroxyl groups excluding tert-OH is 1. The number of carbonyl (C=O) groups is 2. The van der Waals surface area contributed by atoms with Crippen molar-refractivity contribution in [2.75, 3.05) is 6.61 Å². The van der Waals surface area contributed by atoms with Crippen molar-refractivity contribution in [1.29, 1.82) is 0 Å². The van der Waals surface area contributed by atoms with Crippen LogP contribution in [-0.2, 0) is 9.59 Å². The van der Waals surface area contributed by atoms with Gasteiger partial charge in [-0.2, -0.15) is 0 Å². The summed E-state index contributed by atoms with van der Waals surface area (Å²) in [5, 5.41) is 30.1. The highest BCUT2D eigenvalue weighted by atomic mass is 16.4. The standard InChI is InChI=1S/C30H48O5/c1-18(17-31)19-10-12-27(4)14-15-29(6)20(24(19)27)8-9-22-28(5,16-23(32)33)21(11-13-30(22,29)7)26(2,3)25(34)35/h19-22,24,31H,1,8-17H2,2-7H3,(H,32,33)(H,34,35). The first-order valence-corrected chi connectivity index (χ1v) is 13.8. The molecule has 0 aromatic rings. The van der Waals surface area contributed by atoms with Gasteiger partial charge in [0.1, 0.15) is 0 Å². The van der Waals surface area contributed by atoms with Crippen LogP contribution in [0.25, 0.3) is 0 Å². The van der Waals surface area contributed by atoms with Gasteiger partial charge in [0.15, 0.2) is 0 Å². The third kappa shape index (κ3) is 3.57. The molecule has 0 bridgehead atoms. The average molecular weight is 489 g/mol. The fourth-order valence-corrected chi connectivity index (χ4v) is 10.8. The quantitative estimate of drug-likeness (QED) is 0.376. The molecule has 4 rings (SSSR count). The Morgan fingerprint density at radius 1 is 0.914 bits per heavy atom. The summed E-state index contributed by atoms with van der Waals surface area (Å²) in [5.41, 5.74) is -0.249. The lowest BCUT2D eigenvalue weighted by atomic mass is 9.33. The average Bonchev–Trinajstić information content (AvgIpc) is 3.10. The Morgan fingerprint density at radius 2 is 1.57 bits per heavy atom. The van der Waals surface area contributed by atoms with Crippen molar-refractivity contribution in [2.24, 2.45) is 56.7 Å². The highest BCUT2D eigenvalue weighted by Crippen LogP contribution is 2.76. The number of rotatable bonds is 6. The lowest BCUT2D eigenvalue weighted by molar-refractivity contribution is -0.230. The zero-order chi connectivity index (χ0) is 26.2. The van der Waals surface area contributed by atoms with Crippen LogP contribution in [-0.4, -0.2) is 33.9 Å². The van der Waals surface area contributed by atoms with Crippen molar-refractivity contribution in [3.8, 4) is 0 Å². The number of carboxylic acids is 2. The summed E-state index contributed by atoms with van der Waals surface area (Å²) in [4.78, 5) is 24.6. The lowest BCUT2D eigenvalue weighted by Crippen LogP contribution is -2.65. The smallest absolute Gasteiger partial charge is 0.309 e. The first-order valence-electron chi connectivity index (χ1n) is 13.8. The number of hydrogen-bond donors (Lipinski definition) is 3. The maximum Gasteiger partial charge on any atom is 0.309 e. The van der Waals surface area contributed by atoms with Gasteiger partial charge in [0.2, 0.25) is 0 Å². The van der Waals surface area contributed by atoms with Crippen LogP contribution in [0.2, 0.25) is 0 Å². The summed E-state index contributed by atoms with van der Waals surface area (Å²) in [5.74, 6) is -0.246. The number of carboxylic acid groups (broad SMARTS) is 2. The molecule has 0 radical (unpaired) electrons. The topological polar surface area (TPSA) is 94.8 Å². The van der Waals surface area contributed by atoms with E-state index in [4.69, 9.17) is 0 Å². The molecule has 9 atom stereocenters. The van der Waals surface area contributed by atoms with E-state index in [1.54, 1.807) is 13.8 Å². The van der Waals surface area contributed by atoms with Crippen molar-refractivity contribution in [3.05, 3.63) is 12.2 Å². The van der Waals surface area contributed by atoms with E-state index in [0.717, 1.165) is 44.1 Å². The van der Waals surface area contributed by atoms with Gasteiger partial charge in [-0.05, 0) is 122 Å². The molecule has 0 aromatic carbocycles. The van der Waals surface area contributed by atoms with Gasteiger partial charge in [-0.15, -0.1) is 0 Å². The Morgan fingerprint density at radius 3 is 2.14 bits per heavy atom. The molecule has 0 spiro atoms. The number of fused-ring (bicyclic) bond motifs is 5. The summed E-state index contributed by atoms with van der Waals surface area (Å²) in [6, 6.07) is 0.